The van der Waals surface area contributed by atoms with Gasteiger partial charge in [0.1, 0.15) is 6.07 Å². The van der Waals surface area contributed by atoms with Gasteiger partial charge in [0.25, 0.3) is 0 Å². The number of hydrogen-bond acceptors (Lipinski definition) is 6. The number of ether oxygens (including phenoxy) is 1. The highest BCUT2D eigenvalue weighted by molar-refractivity contribution is 5.95. The molecule has 0 radical (unpaired) electrons. The summed E-state index contributed by atoms with van der Waals surface area (Å²) in [6, 6.07) is 10.8. The molecule has 4 rings (SSSR count). The number of fused-ring (bicyclic) bond motifs is 1. The first kappa shape index (κ1) is 19.1. The van der Waals surface area contributed by atoms with Crippen molar-refractivity contribution in [1.82, 2.24) is 14.8 Å². The van der Waals surface area contributed by atoms with Crippen LogP contribution in [0.2, 0.25) is 0 Å². The number of benzene rings is 1. The topological polar surface area (TPSA) is 55.6 Å². The summed E-state index contributed by atoms with van der Waals surface area (Å²) in [6.45, 7) is 10.4. The van der Waals surface area contributed by atoms with Crippen molar-refractivity contribution in [2.45, 2.75) is 32.1 Å². The molecule has 2 aliphatic heterocycles. The summed E-state index contributed by atoms with van der Waals surface area (Å²) in [4.78, 5) is 11.8. The number of hydrogen-bond donors (Lipinski definition) is 0. The predicted molar refractivity (Wildman–Crippen MR) is 112 cm³/mol. The van der Waals surface area contributed by atoms with E-state index in [9.17, 15) is 5.26 Å². The van der Waals surface area contributed by atoms with Crippen LogP contribution < -0.4 is 4.90 Å². The number of likely N-dealkylation sites (N-methyl/N-ethyl adjacent to an activating group) is 1. The minimum absolute atomic E-state index is 0.172. The molecule has 2 aliphatic rings. The molecule has 6 heteroatoms. The van der Waals surface area contributed by atoms with Crippen LogP contribution in [0.5, 0.6) is 0 Å². The monoisotopic (exact) mass is 379 g/mol. The van der Waals surface area contributed by atoms with Gasteiger partial charge in [-0.3, -0.25) is 9.88 Å². The lowest BCUT2D eigenvalue weighted by molar-refractivity contribution is -0.0406. The van der Waals surface area contributed by atoms with Crippen LogP contribution in [0.1, 0.15) is 19.4 Å². The first-order valence-electron chi connectivity index (χ1n) is 10.2. The lowest BCUT2D eigenvalue weighted by Gasteiger charge is -2.43. The average Bonchev–Trinajstić information content (AvgIpc) is 2.69. The SMILES string of the molecule is C[C@@H]1CN(c2ccc(C#N)c3ncccc23)C[C@@H](CN2CCN(C)[C@H](C)C2)O1. The van der Waals surface area contributed by atoms with Gasteiger partial charge < -0.3 is 14.5 Å². The van der Waals surface area contributed by atoms with Gasteiger partial charge in [-0.25, -0.2) is 0 Å². The van der Waals surface area contributed by atoms with Crippen molar-refractivity contribution in [2.24, 2.45) is 0 Å². The van der Waals surface area contributed by atoms with Gasteiger partial charge in [-0.1, -0.05) is 0 Å². The fourth-order valence-corrected chi connectivity index (χ4v) is 4.44. The molecule has 2 fully saturated rings. The number of nitrogens with zero attached hydrogens (tertiary/aromatic N) is 5. The molecule has 3 atom stereocenters. The zero-order valence-electron chi connectivity index (χ0n) is 17.0. The lowest BCUT2D eigenvalue weighted by atomic mass is 10.1. The molecule has 1 aromatic carbocycles. The van der Waals surface area contributed by atoms with Gasteiger partial charge in [-0.2, -0.15) is 5.26 Å². The molecule has 2 saturated heterocycles. The third-order valence-corrected chi connectivity index (χ3v) is 6.04. The minimum Gasteiger partial charge on any atom is -0.370 e. The van der Waals surface area contributed by atoms with Crippen LogP contribution in [-0.4, -0.2) is 79.3 Å². The second-order valence-corrected chi connectivity index (χ2v) is 8.21. The lowest BCUT2D eigenvalue weighted by Crippen LogP contribution is -2.55. The number of anilines is 1. The van der Waals surface area contributed by atoms with Crippen LogP contribution in [0, 0.1) is 11.3 Å². The third kappa shape index (κ3) is 3.83. The quantitative estimate of drug-likeness (QED) is 0.816. The largest absolute Gasteiger partial charge is 0.370 e. The molecule has 0 amide bonds. The molecular formula is C22H29N5O. The van der Waals surface area contributed by atoms with Crippen molar-refractivity contribution in [3.05, 3.63) is 36.0 Å². The van der Waals surface area contributed by atoms with Crippen molar-refractivity contribution in [2.75, 3.05) is 51.2 Å². The molecular weight excluding hydrogens is 350 g/mol. The van der Waals surface area contributed by atoms with Gasteiger partial charge in [-0.15, -0.1) is 0 Å². The smallest absolute Gasteiger partial charge is 0.101 e. The first-order valence-corrected chi connectivity index (χ1v) is 10.2. The van der Waals surface area contributed by atoms with Crippen LogP contribution in [0.3, 0.4) is 0 Å². The second kappa shape index (κ2) is 8.04. The molecule has 28 heavy (non-hydrogen) atoms. The molecule has 0 bridgehead atoms. The van der Waals surface area contributed by atoms with E-state index >= 15 is 0 Å². The summed E-state index contributed by atoms with van der Waals surface area (Å²) in [5.74, 6) is 0. The highest BCUT2D eigenvalue weighted by Crippen LogP contribution is 2.30. The summed E-state index contributed by atoms with van der Waals surface area (Å²) >= 11 is 0. The van der Waals surface area contributed by atoms with Gasteiger partial charge in [0.2, 0.25) is 0 Å². The molecule has 0 unspecified atom stereocenters. The van der Waals surface area contributed by atoms with E-state index in [0.29, 0.717) is 11.6 Å². The average molecular weight is 380 g/mol. The van der Waals surface area contributed by atoms with Crippen molar-refractivity contribution >= 4 is 16.6 Å². The van der Waals surface area contributed by atoms with Crippen molar-refractivity contribution in [1.29, 1.82) is 5.26 Å². The van der Waals surface area contributed by atoms with Crippen LogP contribution >= 0.6 is 0 Å². The van der Waals surface area contributed by atoms with E-state index in [2.05, 4.69) is 58.8 Å². The Bertz CT molecular complexity index is 879. The van der Waals surface area contributed by atoms with E-state index in [4.69, 9.17) is 4.74 Å². The van der Waals surface area contributed by atoms with Gasteiger partial charge in [0.15, 0.2) is 0 Å². The van der Waals surface area contributed by atoms with E-state index < -0.39 is 0 Å². The first-order chi connectivity index (χ1) is 13.5. The molecule has 3 heterocycles. The Morgan fingerprint density at radius 1 is 1.18 bits per heavy atom. The molecule has 0 spiro atoms. The summed E-state index contributed by atoms with van der Waals surface area (Å²) < 4.78 is 6.29. The molecule has 0 N–H and O–H groups in total. The van der Waals surface area contributed by atoms with Gasteiger partial charge >= 0.3 is 0 Å². The Balaban J connectivity index is 1.54. The molecule has 6 nitrogen and oxygen atoms in total. The van der Waals surface area contributed by atoms with E-state index in [1.165, 1.54) is 0 Å². The van der Waals surface area contributed by atoms with Crippen LogP contribution in [0.25, 0.3) is 10.9 Å². The van der Waals surface area contributed by atoms with Crippen molar-refractivity contribution in [3.8, 4) is 6.07 Å². The Hall–Kier alpha value is -2.20. The predicted octanol–water partition coefficient (Wildman–Crippen LogP) is 2.34. The summed E-state index contributed by atoms with van der Waals surface area (Å²) in [5.41, 5.74) is 2.56. The van der Waals surface area contributed by atoms with Crippen molar-refractivity contribution < 1.29 is 4.74 Å². The Morgan fingerprint density at radius 2 is 2.04 bits per heavy atom. The maximum atomic E-state index is 9.41. The van der Waals surface area contributed by atoms with Crippen LogP contribution in [0.4, 0.5) is 5.69 Å². The number of rotatable bonds is 3. The number of morpholine rings is 1. The zero-order chi connectivity index (χ0) is 19.7. The van der Waals surface area contributed by atoms with E-state index in [1.807, 2.05) is 12.1 Å². The Kier molecular flexibility index (Phi) is 5.49. The fraction of sp³-hybridized carbons (Fsp3) is 0.545. The fourth-order valence-electron chi connectivity index (χ4n) is 4.44. The van der Waals surface area contributed by atoms with Crippen LogP contribution in [-0.2, 0) is 4.74 Å². The van der Waals surface area contributed by atoms with Gasteiger partial charge in [0.05, 0.1) is 23.3 Å². The summed E-state index contributed by atoms with van der Waals surface area (Å²) in [6.07, 6.45) is 2.11. The number of nitriles is 1. The Labute approximate surface area is 167 Å². The summed E-state index contributed by atoms with van der Waals surface area (Å²) in [7, 11) is 2.20. The standard InChI is InChI=1S/C22H29N5O/c1-16-12-26(10-9-25(16)3)14-19-15-27(13-17(2)28-19)21-7-6-18(11-23)22-20(21)5-4-8-24-22/h4-8,16-17,19H,9-10,12-15H2,1-3H3/t16-,17-,19-/m1/s1. The summed E-state index contributed by atoms with van der Waals surface area (Å²) in [5, 5.41) is 10.5. The molecule has 2 aromatic rings. The van der Waals surface area contributed by atoms with E-state index in [1.54, 1.807) is 6.20 Å². The Morgan fingerprint density at radius 3 is 2.82 bits per heavy atom. The van der Waals surface area contributed by atoms with E-state index in [-0.39, 0.29) is 12.2 Å². The van der Waals surface area contributed by atoms with Crippen molar-refractivity contribution in [3.63, 3.8) is 0 Å². The zero-order valence-corrected chi connectivity index (χ0v) is 17.0. The highest BCUT2D eigenvalue weighted by Gasteiger charge is 2.30. The molecule has 0 aliphatic carbocycles. The number of aromatic nitrogens is 1. The van der Waals surface area contributed by atoms with E-state index in [0.717, 1.165) is 55.9 Å². The van der Waals surface area contributed by atoms with Gasteiger partial charge in [-0.05, 0) is 45.2 Å². The van der Waals surface area contributed by atoms with Gasteiger partial charge in [0, 0.05) is 62.6 Å². The third-order valence-electron chi connectivity index (χ3n) is 6.04. The second-order valence-electron chi connectivity index (χ2n) is 8.21. The number of pyridine rings is 1. The molecule has 148 valence electrons. The minimum atomic E-state index is 0.172. The maximum Gasteiger partial charge on any atom is 0.101 e. The van der Waals surface area contributed by atoms with Crippen LogP contribution in [0.15, 0.2) is 30.5 Å². The number of piperazine rings is 1. The molecule has 1 aromatic heterocycles. The molecule has 0 saturated carbocycles. The normalized spacial score (nSPS) is 27.1. The highest BCUT2D eigenvalue weighted by atomic mass is 16.5. The maximum absolute atomic E-state index is 9.41.